The zero-order valence-electron chi connectivity index (χ0n) is 15.7. The van der Waals surface area contributed by atoms with Crippen LogP contribution in [-0.4, -0.2) is 41.1 Å². The summed E-state index contributed by atoms with van der Waals surface area (Å²) in [4.78, 5) is 13.9. The SMILES string of the molecule is COc1ccc2nc(NS(C)(=O)=O)c3c(C)nc(C4CCCCC4)n3c2n1. The second kappa shape index (κ2) is 6.63. The van der Waals surface area contributed by atoms with Crippen LogP contribution in [-0.2, 0) is 10.0 Å². The zero-order chi connectivity index (χ0) is 19.2. The third-order valence-corrected chi connectivity index (χ3v) is 5.60. The molecule has 0 saturated heterocycles. The van der Waals surface area contributed by atoms with E-state index in [0.29, 0.717) is 28.5 Å². The molecule has 0 amide bonds. The summed E-state index contributed by atoms with van der Waals surface area (Å²) < 4.78 is 33.6. The van der Waals surface area contributed by atoms with Gasteiger partial charge in [0.05, 0.1) is 19.1 Å². The van der Waals surface area contributed by atoms with Gasteiger partial charge < -0.3 is 4.74 Å². The maximum atomic E-state index is 11.9. The molecule has 1 saturated carbocycles. The van der Waals surface area contributed by atoms with E-state index in [1.165, 1.54) is 19.3 Å². The Bertz CT molecular complexity index is 1120. The van der Waals surface area contributed by atoms with E-state index in [9.17, 15) is 8.42 Å². The number of anilines is 1. The number of nitrogens with zero attached hydrogens (tertiary/aromatic N) is 4. The molecule has 3 aromatic heterocycles. The summed E-state index contributed by atoms with van der Waals surface area (Å²) in [6.45, 7) is 1.88. The number of sulfonamides is 1. The van der Waals surface area contributed by atoms with Crippen molar-refractivity contribution >= 4 is 32.5 Å². The summed E-state index contributed by atoms with van der Waals surface area (Å²) in [5.74, 6) is 2.01. The molecule has 0 radical (unpaired) electrons. The largest absolute Gasteiger partial charge is 0.481 e. The van der Waals surface area contributed by atoms with Crippen LogP contribution in [0.4, 0.5) is 5.82 Å². The molecular weight excluding hydrogens is 366 g/mol. The first-order valence-corrected chi connectivity index (χ1v) is 11.0. The third-order valence-electron chi connectivity index (χ3n) is 5.04. The molecule has 1 aliphatic carbocycles. The highest BCUT2D eigenvalue weighted by atomic mass is 32.2. The lowest BCUT2D eigenvalue weighted by Crippen LogP contribution is -2.14. The third kappa shape index (κ3) is 3.31. The van der Waals surface area contributed by atoms with Crippen LogP contribution in [0.1, 0.15) is 49.5 Å². The molecule has 0 atom stereocenters. The minimum atomic E-state index is -3.48. The molecule has 0 unspecified atom stereocenters. The number of aromatic nitrogens is 4. The molecule has 144 valence electrons. The molecule has 0 aliphatic heterocycles. The Balaban J connectivity index is 2.06. The van der Waals surface area contributed by atoms with Gasteiger partial charge >= 0.3 is 0 Å². The molecule has 0 bridgehead atoms. The van der Waals surface area contributed by atoms with E-state index < -0.39 is 10.0 Å². The Hall–Kier alpha value is -2.42. The number of nitrogens with one attached hydrogen (secondary N) is 1. The van der Waals surface area contributed by atoms with Crippen molar-refractivity contribution in [2.24, 2.45) is 0 Å². The predicted molar refractivity (Wildman–Crippen MR) is 104 cm³/mol. The quantitative estimate of drug-likeness (QED) is 0.736. The van der Waals surface area contributed by atoms with Gasteiger partial charge in [-0.25, -0.2) is 18.4 Å². The maximum absolute atomic E-state index is 11.9. The average Bonchev–Trinajstić information content (AvgIpc) is 2.99. The lowest BCUT2D eigenvalue weighted by Gasteiger charge is -2.21. The Kier molecular flexibility index (Phi) is 4.41. The number of fused-ring (bicyclic) bond motifs is 3. The zero-order valence-corrected chi connectivity index (χ0v) is 16.5. The lowest BCUT2D eigenvalue weighted by molar-refractivity contribution is 0.399. The van der Waals surface area contributed by atoms with E-state index >= 15 is 0 Å². The van der Waals surface area contributed by atoms with Crippen LogP contribution < -0.4 is 9.46 Å². The van der Waals surface area contributed by atoms with Crippen molar-refractivity contribution in [2.45, 2.75) is 44.9 Å². The van der Waals surface area contributed by atoms with Crippen LogP contribution in [0.3, 0.4) is 0 Å². The van der Waals surface area contributed by atoms with Gasteiger partial charge in [-0.15, -0.1) is 0 Å². The van der Waals surface area contributed by atoms with Crippen LogP contribution >= 0.6 is 0 Å². The summed E-state index contributed by atoms with van der Waals surface area (Å²) in [6.07, 6.45) is 6.85. The Labute approximate surface area is 158 Å². The number of rotatable bonds is 4. The highest BCUT2D eigenvalue weighted by molar-refractivity contribution is 7.92. The summed E-state index contributed by atoms with van der Waals surface area (Å²) in [5.41, 5.74) is 2.60. The van der Waals surface area contributed by atoms with Crippen LogP contribution in [0, 0.1) is 6.92 Å². The maximum Gasteiger partial charge on any atom is 0.231 e. The summed E-state index contributed by atoms with van der Waals surface area (Å²) in [7, 11) is -1.91. The fourth-order valence-electron chi connectivity index (χ4n) is 3.89. The van der Waals surface area contributed by atoms with E-state index in [4.69, 9.17) is 9.72 Å². The van der Waals surface area contributed by atoms with E-state index in [0.717, 1.165) is 30.6 Å². The topological polar surface area (TPSA) is 98.5 Å². The molecule has 9 heteroatoms. The van der Waals surface area contributed by atoms with Gasteiger partial charge in [0.1, 0.15) is 16.9 Å². The smallest absolute Gasteiger partial charge is 0.231 e. The highest BCUT2D eigenvalue weighted by Gasteiger charge is 2.25. The molecule has 3 heterocycles. The fourth-order valence-corrected chi connectivity index (χ4v) is 4.38. The molecule has 1 N–H and O–H groups in total. The minimum Gasteiger partial charge on any atom is -0.481 e. The van der Waals surface area contributed by atoms with Crippen molar-refractivity contribution in [3.8, 4) is 5.88 Å². The van der Waals surface area contributed by atoms with Crippen LogP contribution in [0.25, 0.3) is 16.7 Å². The Morgan fingerprint density at radius 1 is 1.15 bits per heavy atom. The number of aryl methyl sites for hydroxylation is 1. The molecule has 8 nitrogen and oxygen atoms in total. The number of imidazole rings is 1. The lowest BCUT2D eigenvalue weighted by atomic mass is 9.89. The number of ether oxygens (including phenoxy) is 1. The fraction of sp³-hybridized carbons (Fsp3) is 0.500. The molecular formula is C18H23N5O3S. The molecule has 0 aromatic carbocycles. The molecule has 4 rings (SSSR count). The average molecular weight is 389 g/mol. The van der Waals surface area contributed by atoms with E-state index in [1.807, 2.05) is 11.3 Å². The van der Waals surface area contributed by atoms with Gasteiger partial charge in [0.2, 0.25) is 15.9 Å². The summed E-state index contributed by atoms with van der Waals surface area (Å²) in [5, 5.41) is 0. The van der Waals surface area contributed by atoms with Crippen molar-refractivity contribution in [1.82, 2.24) is 19.4 Å². The molecule has 27 heavy (non-hydrogen) atoms. The van der Waals surface area contributed by atoms with Crippen molar-refractivity contribution in [3.05, 3.63) is 23.7 Å². The van der Waals surface area contributed by atoms with Gasteiger partial charge in [-0.2, -0.15) is 4.98 Å². The Morgan fingerprint density at radius 2 is 1.89 bits per heavy atom. The van der Waals surface area contributed by atoms with Crippen LogP contribution in [0.15, 0.2) is 12.1 Å². The van der Waals surface area contributed by atoms with Gasteiger partial charge in [-0.05, 0) is 25.8 Å². The van der Waals surface area contributed by atoms with Gasteiger partial charge in [0, 0.05) is 12.0 Å². The standard InChI is InChI=1S/C18H23N5O3S/c1-11-15-16(22-27(3,24)25)20-13-9-10-14(26-2)21-18(13)23(15)17(19-11)12-7-5-4-6-8-12/h9-10,12H,4-8H2,1-3H3,(H,20,22). The minimum absolute atomic E-state index is 0.282. The van der Waals surface area contributed by atoms with Crippen molar-refractivity contribution < 1.29 is 13.2 Å². The molecule has 0 spiro atoms. The Morgan fingerprint density at radius 3 is 2.56 bits per heavy atom. The van der Waals surface area contributed by atoms with Gasteiger partial charge in [-0.3, -0.25) is 9.12 Å². The van der Waals surface area contributed by atoms with E-state index in [1.54, 1.807) is 19.2 Å². The van der Waals surface area contributed by atoms with E-state index in [2.05, 4.69) is 14.7 Å². The predicted octanol–water partition coefficient (Wildman–Crippen LogP) is 3.01. The second-order valence-corrected chi connectivity index (χ2v) is 8.85. The van der Waals surface area contributed by atoms with Gasteiger partial charge in [0.15, 0.2) is 11.5 Å². The molecule has 1 aliphatic rings. The van der Waals surface area contributed by atoms with Gasteiger partial charge in [0.25, 0.3) is 0 Å². The summed E-state index contributed by atoms with van der Waals surface area (Å²) in [6, 6.07) is 3.50. The number of methoxy groups -OCH3 is 1. The van der Waals surface area contributed by atoms with Crippen molar-refractivity contribution in [2.75, 3.05) is 18.1 Å². The summed E-state index contributed by atoms with van der Waals surface area (Å²) >= 11 is 0. The first-order chi connectivity index (χ1) is 12.9. The van der Waals surface area contributed by atoms with E-state index in [-0.39, 0.29) is 5.82 Å². The first-order valence-electron chi connectivity index (χ1n) is 9.09. The monoisotopic (exact) mass is 389 g/mol. The normalized spacial score (nSPS) is 16.1. The number of hydrogen-bond acceptors (Lipinski definition) is 6. The second-order valence-electron chi connectivity index (χ2n) is 7.11. The van der Waals surface area contributed by atoms with Crippen molar-refractivity contribution in [1.29, 1.82) is 0 Å². The highest BCUT2D eigenvalue weighted by Crippen LogP contribution is 2.36. The van der Waals surface area contributed by atoms with Crippen LogP contribution in [0.5, 0.6) is 5.88 Å². The van der Waals surface area contributed by atoms with Crippen LogP contribution in [0.2, 0.25) is 0 Å². The van der Waals surface area contributed by atoms with Crippen molar-refractivity contribution in [3.63, 3.8) is 0 Å². The number of pyridine rings is 1. The molecule has 3 aromatic rings. The van der Waals surface area contributed by atoms with Gasteiger partial charge in [-0.1, -0.05) is 19.3 Å². The first kappa shape index (κ1) is 18.0. The number of hydrogen-bond donors (Lipinski definition) is 1. The molecule has 1 fully saturated rings.